The van der Waals surface area contributed by atoms with Crippen molar-refractivity contribution in [2.75, 3.05) is 19.6 Å². The van der Waals surface area contributed by atoms with Gasteiger partial charge in [-0.3, -0.25) is 0 Å². The largest absolute Gasteiger partial charge is 0.392 e. The minimum atomic E-state index is -3.39. The van der Waals surface area contributed by atoms with E-state index in [2.05, 4.69) is 4.72 Å². The maximum Gasteiger partial charge on any atom is 0.279 e. The van der Waals surface area contributed by atoms with Crippen molar-refractivity contribution in [2.45, 2.75) is 46.1 Å². The molecule has 0 radical (unpaired) electrons. The molecule has 0 aliphatic carbocycles. The number of aliphatic hydroxyl groups is 1. The first-order chi connectivity index (χ1) is 7.71. The normalized spacial score (nSPS) is 20.7. The zero-order chi connectivity index (χ0) is 13.1. The minimum Gasteiger partial charge on any atom is -0.392 e. The summed E-state index contributed by atoms with van der Waals surface area (Å²) >= 11 is 0. The highest BCUT2D eigenvalue weighted by Gasteiger charge is 2.26. The lowest BCUT2D eigenvalue weighted by Gasteiger charge is -2.23. The maximum atomic E-state index is 11.8. The van der Waals surface area contributed by atoms with Crippen molar-refractivity contribution in [3.05, 3.63) is 0 Å². The fourth-order valence-corrected chi connectivity index (χ4v) is 3.32. The number of aliphatic hydroxyl groups excluding tert-OH is 1. The first-order valence-corrected chi connectivity index (χ1v) is 7.57. The van der Waals surface area contributed by atoms with Crippen molar-refractivity contribution < 1.29 is 13.5 Å². The molecule has 1 atom stereocenters. The van der Waals surface area contributed by atoms with Gasteiger partial charge in [0.05, 0.1) is 6.10 Å². The van der Waals surface area contributed by atoms with Gasteiger partial charge in [0.2, 0.25) is 0 Å². The quantitative estimate of drug-likeness (QED) is 0.768. The molecule has 0 aromatic heterocycles. The predicted octanol–water partition coefficient (Wildman–Crippen LogP) is 0.714. The summed E-state index contributed by atoms with van der Waals surface area (Å²) in [6.45, 7) is 7.33. The molecule has 1 rings (SSSR count). The van der Waals surface area contributed by atoms with E-state index in [0.717, 1.165) is 12.8 Å². The van der Waals surface area contributed by atoms with Crippen molar-refractivity contribution in [3.8, 4) is 0 Å². The summed E-state index contributed by atoms with van der Waals surface area (Å²) in [4.78, 5) is 0. The molecule has 1 fully saturated rings. The van der Waals surface area contributed by atoms with Crippen LogP contribution in [0.1, 0.15) is 40.0 Å². The highest BCUT2D eigenvalue weighted by Crippen LogP contribution is 2.20. The fraction of sp³-hybridized carbons (Fsp3) is 1.00. The molecule has 0 saturated carbocycles. The van der Waals surface area contributed by atoms with Gasteiger partial charge >= 0.3 is 0 Å². The molecular weight excluding hydrogens is 240 g/mol. The van der Waals surface area contributed by atoms with Gasteiger partial charge in [-0.2, -0.15) is 17.4 Å². The molecule has 5 nitrogen and oxygen atoms in total. The second kappa shape index (κ2) is 5.65. The Balaban J connectivity index is 2.39. The molecule has 1 aliphatic rings. The van der Waals surface area contributed by atoms with Crippen LogP contribution in [-0.4, -0.2) is 43.6 Å². The third kappa shape index (κ3) is 5.33. The zero-order valence-electron chi connectivity index (χ0n) is 10.9. The molecule has 1 heterocycles. The molecule has 0 bridgehead atoms. The first kappa shape index (κ1) is 14.9. The Labute approximate surface area is 104 Å². The van der Waals surface area contributed by atoms with Crippen molar-refractivity contribution in [1.82, 2.24) is 9.03 Å². The van der Waals surface area contributed by atoms with Gasteiger partial charge in [-0.25, -0.2) is 0 Å². The van der Waals surface area contributed by atoms with Gasteiger partial charge < -0.3 is 5.11 Å². The highest BCUT2D eigenvalue weighted by molar-refractivity contribution is 7.87. The molecule has 6 heteroatoms. The fourth-order valence-electron chi connectivity index (χ4n) is 2.00. The van der Waals surface area contributed by atoms with E-state index in [4.69, 9.17) is 0 Å². The van der Waals surface area contributed by atoms with Gasteiger partial charge in [0.1, 0.15) is 0 Å². The Hall–Kier alpha value is -0.170. The summed E-state index contributed by atoms with van der Waals surface area (Å²) in [7, 11) is -3.39. The molecule has 1 aliphatic heterocycles. The molecule has 17 heavy (non-hydrogen) atoms. The van der Waals surface area contributed by atoms with Crippen molar-refractivity contribution in [2.24, 2.45) is 5.41 Å². The van der Waals surface area contributed by atoms with Crippen LogP contribution in [0.25, 0.3) is 0 Å². The van der Waals surface area contributed by atoms with Crippen LogP contribution in [0.3, 0.4) is 0 Å². The summed E-state index contributed by atoms with van der Waals surface area (Å²) in [5.41, 5.74) is -0.00149. The Morgan fingerprint density at radius 3 is 2.29 bits per heavy atom. The highest BCUT2D eigenvalue weighted by atomic mass is 32.2. The summed E-state index contributed by atoms with van der Waals surface area (Å²) in [6.07, 6.45) is 1.79. The van der Waals surface area contributed by atoms with Crippen molar-refractivity contribution in [1.29, 1.82) is 0 Å². The van der Waals surface area contributed by atoms with Gasteiger partial charge in [0.25, 0.3) is 10.2 Å². The van der Waals surface area contributed by atoms with Crippen molar-refractivity contribution in [3.63, 3.8) is 0 Å². The third-order valence-corrected chi connectivity index (χ3v) is 4.33. The molecule has 0 aromatic carbocycles. The second-order valence-corrected chi connectivity index (χ2v) is 7.63. The van der Waals surface area contributed by atoms with E-state index >= 15 is 0 Å². The summed E-state index contributed by atoms with van der Waals surface area (Å²) in [5, 5.41) is 9.75. The van der Waals surface area contributed by atoms with Gasteiger partial charge in [-0.1, -0.05) is 20.8 Å². The molecule has 2 N–H and O–H groups in total. The predicted molar refractivity (Wildman–Crippen MR) is 67.8 cm³/mol. The van der Waals surface area contributed by atoms with Crippen LogP contribution in [0.5, 0.6) is 0 Å². The van der Waals surface area contributed by atoms with Crippen LogP contribution in [-0.2, 0) is 10.2 Å². The van der Waals surface area contributed by atoms with Crippen LogP contribution in [0.15, 0.2) is 0 Å². The molecular formula is C11H24N2O3S. The molecule has 0 spiro atoms. The Kier molecular flexibility index (Phi) is 4.95. The monoisotopic (exact) mass is 264 g/mol. The second-order valence-electron chi connectivity index (χ2n) is 5.88. The summed E-state index contributed by atoms with van der Waals surface area (Å²) in [6, 6.07) is 0. The smallest absolute Gasteiger partial charge is 0.279 e. The van der Waals surface area contributed by atoms with Gasteiger partial charge in [0.15, 0.2) is 0 Å². The number of nitrogens with one attached hydrogen (secondary N) is 1. The van der Waals surface area contributed by atoms with Crippen molar-refractivity contribution >= 4 is 10.2 Å². The number of rotatable bonds is 5. The Morgan fingerprint density at radius 1 is 1.29 bits per heavy atom. The number of hydrogen-bond acceptors (Lipinski definition) is 3. The first-order valence-electron chi connectivity index (χ1n) is 6.13. The van der Waals surface area contributed by atoms with E-state index in [1.165, 1.54) is 4.31 Å². The van der Waals surface area contributed by atoms with E-state index in [-0.39, 0.29) is 12.0 Å². The van der Waals surface area contributed by atoms with E-state index in [9.17, 15) is 13.5 Å². The van der Waals surface area contributed by atoms with Gasteiger partial charge in [0, 0.05) is 19.6 Å². The van der Waals surface area contributed by atoms with Crippen LogP contribution < -0.4 is 4.72 Å². The Morgan fingerprint density at radius 2 is 1.82 bits per heavy atom. The van der Waals surface area contributed by atoms with Crippen LogP contribution >= 0.6 is 0 Å². The average molecular weight is 264 g/mol. The summed E-state index contributed by atoms with van der Waals surface area (Å²) in [5.74, 6) is 0. The number of hydrogen-bond donors (Lipinski definition) is 2. The minimum absolute atomic E-state index is 0.00149. The lowest BCUT2D eigenvalue weighted by Crippen LogP contribution is -2.42. The van der Waals surface area contributed by atoms with Gasteiger partial charge in [-0.05, 0) is 24.7 Å². The molecule has 0 aromatic rings. The molecule has 1 unspecified atom stereocenters. The molecule has 102 valence electrons. The summed E-state index contributed by atoms with van der Waals surface area (Å²) < 4.78 is 27.5. The molecule has 1 saturated heterocycles. The average Bonchev–Trinajstić information content (AvgIpc) is 2.65. The van der Waals surface area contributed by atoms with Crippen LogP contribution in [0.2, 0.25) is 0 Å². The lowest BCUT2D eigenvalue weighted by molar-refractivity contribution is 0.124. The van der Waals surface area contributed by atoms with Gasteiger partial charge in [-0.15, -0.1) is 0 Å². The lowest BCUT2D eigenvalue weighted by atomic mass is 9.89. The SMILES string of the molecule is CC(C)(C)CC(O)CNS(=O)(=O)N1CCCC1. The third-order valence-electron chi connectivity index (χ3n) is 2.75. The topological polar surface area (TPSA) is 69.6 Å². The molecule has 0 amide bonds. The van der Waals surface area contributed by atoms with E-state index < -0.39 is 16.3 Å². The van der Waals surface area contributed by atoms with E-state index in [1.807, 2.05) is 20.8 Å². The maximum absolute atomic E-state index is 11.8. The standard InChI is InChI=1S/C11H24N2O3S/c1-11(2,3)8-10(14)9-12-17(15,16)13-6-4-5-7-13/h10,12,14H,4-9H2,1-3H3. The van der Waals surface area contributed by atoms with Crippen LogP contribution in [0, 0.1) is 5.41 Å². The van der Waals surface area contributed by atoms with E-state index in [0.29, 0.717) is 19.5 Å². The zero-order valence-corrected chi connectivity index (χ0v) is 11.8. The number of nitrogens with zero attached hydrogens (tertiary/aromatic N) is 1. The Bertz CT molecular complexity index is 329. The van der Waals surface area contributed by atoms with E-state index in [1.54, 1.807) is 0 Å². The van der Waals surface area contributed by atoms with Crippen LogP contribution in [0.4, 0.5) is 0 Å².